The van der Waals surface area contributed by atoms with E-state index >= 15 is 0 Å². The number of hydrogen-bond acceptors (Lipinski definition) is 3. The molecule has 1 saturated carbocycles. The molecule has 2 atom stereocenters. The predicted molar refractivity (Wildman–Crippen MR) is 117 cm³/mol. The summed E-state index contributed by atoms with van der Waals surface area (Å²) in [6.07, 6.45) is 4.40. The Morgan fingerprint density at radius 2 is 1.34 bits per heavy atom. The molecule has 29 heavy (non-hydrogen) atoms. The maximum Gasteiger partial charge on any atom is 0.228 e. The Bertz CT molecular complexity index is 881. The minimum atomic E-state index is -0.248. The summed E-state index contributed by atoms with van der Waals surface area (Å²) < 4.78 is 0. The Morgan fingerprint density at radius 1 is 0.793 bits per heavy atom. The zero-order valence-corrected chi connectivity index (χ0v) is 17.2. The van der Waals surface area contributed by atoms with E-state index in [1.54, 1.807) is 0 Å². The standard InChI is InChI=1S/C24H29N3O2/c1-16-12-17(2)14-19(13-16)26-24(29)22-15-21(22)23(28)25-18-6-8-20(9-7-18)27-10-4-3-5-11-27/h6-9,12-14,21-22H,3-5,10-11,15H2,1-2H3,(H,25,28)(H,26,29). The summed E-state index contributed by atoms with van der Waals surface area (Å²) in [4.78, 5) is 27.4. The zero-order valence-electron chi connectivity index (χ0n) is 17.2. The van der Waals surface area contributed by atoms with E-state index in [1.807, 2.05) is 38.1 Å². The molecule has 1 aliphatic heterocycles. The minimum absolute atomic E-state index is 0.0729. The summed E-state index contributed by atoms with van der Waals surface area (Å²) in [5, 5.41) is 5.92. The van der Waals surface area contributed by atoms with Gasteiger partial charge in [0.15, 0.2) is 0 Å². The molecule has 0 radical (unpaired) electrons. The quantitative estimate of drug-likeness (QED) is 0.788. The average Bonchev–Trinajstić information content (AvgIpc) is 3.50. The van der Waals surface area contributed by atoms with Gasteiger partial charge in [-0.2, -0.15) is 0 Å². The first-order valence-corrected chi connectivity index (χ1v) is 10.5. The van der Waals surface area contributed by atoms with Gasteiger partial charge in [-0.25, -0.2) is 0 Å². The van der Waals surface area contributed by atoms with Gasteiger partial charge in [0, 0.05) is 30.2 Å². The van der Waals surface area contributed by atoms with Crippen molar-refractivity contribution < 1.29 is 9.59 Å². The Morgan fingerprint density at radius 3 is 1.93 bits per heavy atom. The first-order valence-electron chi connectivity index (χ1n) is 10.5. The molecule has 2 amide bonds. The lowest BCUT2D eigenvalue weighted by Crippen LogP contribution is -2.29. The average molecular weight is 392 g/mol. The highest BCUT2D eigenvalue weighted by Gasteiger charge is 2.48. The smallest absolute Gasteiger partial charge is 0.228 e. The first kappa shape index (κ1) is 19.5. The summed E-state index contributed by atoms with van der Waals surface area (Å²) in [5.41, 5.74) is 5.01. The molecule has 2 N–H and O–H groups in total. The van der Waals surface area contributed by atoms with Crippen LogP contribution in [0.1, 0.15) is 36.8 Å². The van der Waals surface area contributed by atoms with E-state index in [1.165, 1.54) is 24.9 Å². The summed E-state index contributed by atoms with van der Waals surface area (Å²) in [7, 11) is 0. The third kappa shape index (κ3) is 4.78. The molecule has 0 aromatic heterocycles. The molecule has 2 aromatic carbocycles. The Hall–Kier alpha value is -2.82. The first-order chi connectivity index (χ1) is 14.0. The van der Waals surface area contributed by atoms with Gasteiger partial charge in [0.2, 0.25) is 11.8 Å². The number of anilines is 3. The van der Waals surface area contributed by atoms with Crippen molar-refractivity contribution in [2.45, 2.75) is 39.5 Å². The molecule has 1 saturated heterocycles. The molecule has 2 aliphatic rings. The van der Waals surface area contributed by atoms with Gasteiger partial charge >= 0.3 is 0 Å². The number of nitrogens with zero attached hydrogens (tertiary/aromatic N) is 1. The van der Waals surface area contributed by atoms with Crippen molar-refractivity contribution >= 4 is 28.9 Å². The maximum absolute atomic E-state index is 12.5. The van der Waals surface area contributed by atoms with Crippen molar-refractivity contribution in [2.75, 3.05) is 28.6 Å². The predicted octanol–water partition coefficient (Wildman–Crippen LogP) is 4.51. The Balaban J connectivity index is 1.30. The van der Waals surface area contributed by atoms with Crippen molar-refractivity contribution in [3.8, 4) is 0 Å². The zero-order chi connectivity index (χ0) is 20.4. The molecule has 2 fully saturated rings. The minimum Gasteiger partial charge on any atom is -0.372 e. The SMILES string of the molecule is Cc1cc(C)cc(NC(=O)C2CC2C(=O)Nc2ccc(N3CCCCC3)cc2)c1. The van der Waals surface area contributed by atoms with Crippen molar-refractivity contribution in [3.63, 3.8) is 0 Å². The number of nitrogens with one attached hydrogen (secondary N) is 2. The fourth-order valence-electron chi connectivity index (χ4n) is 4.20. The highest BCUT2D eigenvalue weighted by Crippen LogP contribution is 2.40. The van der Waals surface area contributed by atoms with Gasteiger partial charge in [0.1, 0.15) is 0 Å². The summed E-state index contributed by atoms with van der Waals surface area (Å²) in [5.74, 6) is -0.641. The number of rotatable bonds is 5. The van der Waals surface area contributed by atoms with E-state index < -0.39 is 0 Å². The fourth-order valence-corrected chi connectivity index (χ4v) is 4.20. The van der Waals surface area contributed by atoms with Gasteiger partial charge in [-0.05, 0) is 87.1 Å². The normalized spacial score (nSPS) is 20.8. The second-order valence-corrected chi connectivity index (χ2v) is 8.40. The van der Waals surface area contributed by atoms with E-state index in [2.05, 4.69) is 33.7 Å². The topological polar surface area (TPSA) is 61.4 Å². The van der Waals surface area contributed by atoms with E-state index in [-0.39, 0.29) is 23.7 Å². The van der Waals surface area contributed by atoms with Crippen molar-refractivity contribution in [1.82, 2.24) is 0 Å². The second kappa shape index (κ2) is 8.27. The highest BCUT2D eigenvalue weighted by molar-refractivity contribution is 6.03. The van der Waals surface area contributed by atoms with Gasteiger partial charge < -0.3 is 15.5 Å². The number of aryl methyl sites for hydroxylation is 2. The molecule has 1 heterocycles. The molecule has 5 heteroatoms. The van der Waals surface area contributed by atoms with Crippen LogP contribution >= 0.6 is 0 Å². The van der Waals surface area contributed by atoms with Crippen molar-refractivity contribution in [3.05, 3.63) is 53.6 Å². The largest absolute Gasteiger partial charge is 0.372 e. The molecule has 5 nitrogen and oxygen atoms in total. The van der Waals surface area contributed by atoms with Crippen LogP contribution in [-0.2, 0) is 9.59 Å². The van der Waals surface area contributed by atoms with Crippen LogP contribution in [0.4, 0.5) is 17.1 Å². The van der Waals surface area contributed by atoms with Gasteiger partial charge in [-0.3, -0.25) is 9.59 Å². The molecule has 0 bridgehead atoms. The molecule has 2 aromatic rings. The lowest BCUT2D eigenvalue weighted by Gasteiger charge is -2.28. The monoisotopic (exact) mass is 391 g/mol. The molecule has 1 aliphatic carbocycles. The number of carbonyl (C=O) groups is 2. The molecule has 0 spiro atoms. The van der Waals surface area contributed by atoms with Crippen molar-refractivity contribution in [2.24, 2.45) is 11.8 Å². The lowest BCUT2D eigenvalue weighted by molar-refractivity contribution is -0.122. The number of hydrogen-bond donors (Lipinski definition) is 2. The van der Waals surface area contributed by atoms with Gasteiger partial charge in [-0.15, -0.1) is 0 Å². The van der Waals surface area contributed by atoms with Crippen LogP contribution in [0.3, 0.4) is 0 Å². The highest BCUT2D eigenvalue weighted by atomic mass is 16.2. The van der Waals surface area contributed by atoms with E-state index in [4.69, 9.17) is 0 Å². The number of carbonyl (C=O) groups excluding carboxylic acids is 2. The van der Waals surface area contributed by atoms with Crippen LogP contribution in [0.5, 0.6) is 0 Å². The van der Waals surface area contributed by atoms with E-state index in [0.717, 1.165) is 35.6 Å². The second-order valence-electron chi connectivity index (χ2n) is 8.40. The fraction of sp³-hybridized carbons (Fsp3) is 0.417. The molecular formula is C24H29N3O2. The van der Waals surface area contributed by atoms with Crippen molar-refractivity contribution in [1.29, 1.82) is 0 Å². The van der Waals surface area contributed by atoms with Crippen LogP contribution in [0.15, 0.2) is 42.5 Å². The van der Waals surface area contributed by atoms with Crippen LogP contribution in [0, 0.1) is 25.7 Å². The van der Waals surface area contributed by atoms with Gasteiger partial charge in [-0.1, -0.05) is 6.07 Å². The third-order valence-electron chi connectivity index (χ3n) is 5.81. The van der Waals surface area contributed by atoms with Crippen LogP contribution in [0.2, 0.25) is 0 Å². The third-order valence-corrected chi connectivity index (χ3v) is 5.81. The summed E-state index contributed by atoms with van der Waals surface area (Å²) in [6.45, 7) is 6.22. The molecule has 2 unspecified atom stereocenters. The van der Waals surface area contributed by atoms with Gasteiger partial charge in [0.25, 0.3) is 0 Å². The number of benzene rings is 2. The number of piperidine rings is 1. The molecular weight excluding hydrogens is 362 g/mol. The Kier molecular flexibility index (Phi) is 5.56. The Labute approximate surface area is 172 Å². The maximum atomic E-state index is 12.5. The summed E-state index contributed by atoms with van der Waals surface area (Å²) in [6, 6.07) is 14.0. The number of amides is 2. The van der Waals surface area contributed by atoms with Gasteiger partial charge in [0.05, 0.1) is 11.8 Å². The lowest BCUT2D eigenvalue weighted by atomic mass is 10.1. The van der Waals surface area contributed by atoms with Crippen LogP contribution < -0.4 is 15.5 Å². The summed E-state index contributed by atoms with van der Waals surface area (Å²) >= 11 is 0. The van der Waals surface area contributed by atoms with Crippen LogP contribution in [0.25, 0.3) is 0 Å². The van der Waals surface area contributed by atoms with E-state index in [0.29, 0.717) is 6.42 Å². The molecule has 4 rings (SSSR count). The molecule has 152 valence electrons. The van der Waals surface area contributed by atoms with Crippen LogP contribution in [-0.4, -0.2) is 24.9 Å². The van der Waals surface area contributed by atoms with E-state index in [9.17, 15) is 9.59 Å².